The first-order chi connectivity index (χ1) is 9.69. The van der Waals surface area contributed by atoms with Crippen molar-refractivity contribution in [2.24, 2.45) is 0 Å². The molecule has 3 nitrogen and oxygen atoms in total. The van der Waals surface area contributed by atoms with Gasteiger partial charge in [0.2, 0.25) is 0 Å². The van der Waals surface area contributed by atoms with Crippen molar-refractivity contribution in [1.29, 1.82) is 5.26 Å². The minimum atomic E-state index is 0.0164. The molecule has 3 aromatic rings. The maximum atomic E-state index is 9.48. The van der Waals surface area contributed by atoms with Gasteiger partial charge in [-0.05, 0) is 29.8 Å². The number of nitrogens with zero attached hydrogens (tertiary/aromatic N) is 2. The Bertz CT molecular complexity index is 853. The number of pyridine rings is 1. The Morgan fingerprint density at radius 1 is 1.10 bits per heavy atom. The second-order valence-corrected chi connectivity index (χ2v) is 4.76. The summed E-state index contributed by atoms with van der Waals surface area (Å²) in [7, 11) is 0. The molecule has 0 radical (unpaired) electrons. The van der Waals surface area contributed by atoms with E-state index in [1.165, 1.54) is 6.07 Å². The Balaban J connectivity index is 2.29. The van der Waals surface area contributed by atoms with Gasteiger partial charge in [-0.2, -0.15) is 5.26 Å². The number of phenols is 1. The third-order valence-electron chi connectivity index (χ3n) is 3.09. The number of aromatic hydroxyl groups is 1. The number of hydrogen-bond acceptors (Lipinski definition) is 3. The molecule has 0 spiro atoms. The van der Waals surface area contributed by atoms with Crippen LogP contribution in [0.25, 0.3) is 22.0 Å². The first-order valence-corrected chi connectivity index (χ1v) is 6.35. The Morgan fingerprint density at radius 2 is 1.90 bits per heavy atom. The number of benzene rings is 2. The zero-order valence-electron chi connectivity index (χ0n) is 10.3. The lowest BCUT2D eigenvalue weighted by atomic mass is 10.0. The Labute approximate surface area is 120 Å². The second kappa shape index (κ2) is 4.84. The average Bonchev–Trinajstić information content (AvgIpc) is 2.48. The normalized spacial score (nSPS) is 10.4. The summed E-state index contributed by atoms with van der Waals surface area (Å²) >= 11 is 5.92. The molecule has 0 aliphatic heterocycles. The molecule has 1 aromatic heterocycles. The van der Waals surface area contributed by atoms with Crippen molar-refractivity contribution in [3.8, 4) is 22.9 Å². The molecule has 0 aliphatic rings. The van der Waals surface area contributed by atoms with Gasteiger partial charge in [-0.1, -0.05) is 35.9 Å². The SMILES string of the molecule is N#Cc1nc2ccccc2cc1-c1ccc(O)c(Cl)c1. The largest absolute Gasteiger partial charge is 0.506 e. The predicted octanol–water partition coefficient (Wildman–Crippen LogP) is 4.13. The van der Waals surface area contributed by atoms with E-state index in [2.05, 4.69) is 11.1 Å². The molecule has 20 heavy (non-hydrogen) atoms. The van der Waals surface area contributed by atoms with Gasteiger partial charge in [-0.25, -0.2) is 4.98 Å². The molecule has 0 saturated carbocycles. The quantitative estimate of drug-likeness (QED) is 0.729. The fourth-order valence-electron chi connectivity index (χ4n) is 2.10. The smallest absolute Gasteiger partial charge is 0.149 e. The van der Waals surface area contributed by atoms with Crippen molar-refractivity contribution >= 4 is 22.5 Å². The van der Waals surface area contributed by atoms with Gasteiger partial charge in [0, 0.05) is 10.9 Å². The minimum Gasteiger partial charge on any atom is -0.506 e. The Morgan fingerprint density at radius 3 is 2.65 bits per heavy atom. The zero-order valence-corrected chi connectivity index (χ0v) is 11.1. The van der Waals surface area contributed by atoms with Crippen molar-refractivity contribution in [3.63, 3.8) is 0 Å². The minimum absolute atomic E-state index is 0.0164. The second-order valence-electron chi connectivity index (χ2n) is 4.36. The fourth-order valence-corrected chi connectivity index (χ4v) is 2.28. The molecular formula is C16H9ClN2O. The molecular weight excluding hydrogens is 272 g/mol. The average molecular weight is 281 g/mol. The van der Waals surface area contributed by atoms with Crippen LogP contribution in [0.15, 0.2) is 48.5 Å². The van der Waals surface area contributed by atoms with Crippen LogP contribution in [0.4, 0.5) is 0 Å². The molecule has 96 valence electrons. The Hall–Kier alpha value is -2.57. The molecule has 1 heterocycles. The number of halogens is 1. The molecule has 3 rings (SSSR count). The summed E-state index contributed by atoms with van der Waals surface area (Å²) in [4.78, 5) is 4.36. The Kier molecular flexibility index (Phi) is 3.02. The van der Waals surface area contributed by atoms with Crippen molar-refractivity contribution in [1.82, 2.24) is 4.98 Å². The van der Waals surface area contributed by atoms with Gasteiger partial charge in [-0.15, -0.1) is 0 Å². The summed E-state index contributed by atoms with van der Waals surface area (Å²) in [5.74, 6) is 0.0164. The van der Waals surface area contributed by atoms with E-state index in [4.69, 9.17) is 11.6 Å². The lowest BCUT2D eigenvalue weighted by molar-refractivity contribution is 0.475. The van der Waals surface area contributed by atoms with Crippen molar-refractivity contribution in [2.45, 2.75) is 0 Å². The molecule has 0 atom stereocenters. The number of phenolic OH excluding ortho intramolecular Hbond substituents is 1. The maximum absolute atomic E-state index is 9.48. The van der Waals surface area contributed by atoms with Crippen LogP contribution in [-0.4, -0.2) is 10.1 Å². The topological polar surface area (TPSA) is 56.9 Å². The summed E-state index contributed by atoms with van der Waals surface area (Å²) in [6, 6.07) is 16.5. The summed E-state index contributed by atoms with van der Waals surface area (Å²) < 4.78 is 0. The van der Waals surface area contributed by atoms with Crippen LogP contribution in [0.1, 0.15) is 5.69 Å². The fraction of sp³-hybridized carbons (Fsp3) is 0. The highest BCUT2D eigenvalue weighted by atomic mass is 35.5. The van der Waals surface area contributed by atoms with Gasteiger partial charge in [-0.3, -0.25) is 0 Å². The standard InChI is InChI=1S/C16H9ClN2O/c17-13-8-10(5-6-16(13)20)12-7-11-3-1-2-4-14(11)19-15(12)9-18/h1-8,20H. The predicted molar refractivity (Wildman–Crippen MR) is 78.6 cm³/mol. The highest BCUT2D eigenvalue weighted by Crippen LogP contribution is 2.32. The van der Waals surface area contributed by atoms with Gasteiger partial charge in [0.05, 0.1) is 10.5 Å². The van der Waals surface area contributed by atoms with Gasteiger partial charge < -0.3 is 5.11 Å². The highest BCUT2D eigenvalue weighted by molar-refractivity contribution is 6.32. The maximum Gasteiger partial charge on any atom is 0.149 e. The molecule has 1 N–H and O–H groups in total. The van der Waals surface area contributed by atoms with E-state index >= 15 is 0 Å². The first-order valence-electron chi connectivity index (χ1n) is 5.98. The molecule has 0 saturated heterocycles. The van der Waals surface area contributed by atoms with Crippen LogP contribution in [0.5, 0.6) is 5.75 Å². The molecule has 0 unspecified atom stereocenters. The molecule has 0 amide bonds. The summed E-state index contributed by atoms with van der Waals surface area (Å²) in [6.45, 7) is 0. The molecule has 4 heteroatoms. The summed E-state index contributed by atoms with van der Waals surface area (Å²) in [6.07, 6.45) is 0. The number of aromatic nitrogens is 1. The van der Waals surface area contributed by atoms with E-state index < -0.39 is 0 Å². The van der Waals surface area contributed by atoms with Crippen molar-refractivity contribution in [3.05, 3.63) is 59.2 Å². The van der Waals surface area contributed by atoms with Gasteiger partial charge in [0.25, 0.3) is 0 Å². The van der Waals surface area contributed by atoms with E-state index in [9.17, 15) is 10.4 Å². The van der Waals surface area contributed by atoms with E-state index in [1.54, 1.807) is 12.1 Å². The lowest BCUT2D eigenvalue weighted by Gasteiger charge is -2.07. The van der Waals surface area contributed by atoms with Gasteiger partial charge in [0.15, 0.2) is 0 Å². The third-order valence-corrected chi connectivity index (χ3v) is 3.39. The summed E-state index contributed by atoms with van der Waals surface area (Å²) in [5.41, 5.74) is 2.57. The van der Waals surface area contributed by atoms with Crippen LogP contribution in [-0.2, 0) is 0 Å². The van der Waals surface area contributed by atoms with E-state index in [-0.39, 0.29) is 10.8 Å². The highest BCUT2D eigenvalue weighted by Gasteiger charge is 2.10. The number of para-hydroxylation sites is 1. The molecule has 0 bridgehead atoms. The number of fused-ring (bicyclic) bond motifs is 1. The van der Waals surface area contributed by atoms with Crippen molar-refractivity contribution < 1.29 is 5.11 Å². The number of hydrogen-bond donors (Lipinski definition) is 1. The van der Waals surface area contributed by atoms with Crippen LogP contribution in [0.3, 0.4) is 0 Å². The zero-order chi connectivity index (χ0) is 14.1. The van der Waals surface area contributed by atoms with E-state index in [0.29, 0.717) is 11.3 Å². The lowest BCUT2D eigenvalue weighted by Crippen LogP contribution is -1.90. The molecule has 0 aliphatic carbocycles. The van der Waals surface area contributed by atoms with Crippen LogP contribution < -0.4 is 0 Å². The van der Waals surface area contributed by atoms with Crippen LogP contribution >= 0.6 is 11.6 Å². The van der Waals surface area contributed by atoms with Gasteiger partial charge >= 0.3 is 0 Å². The monoisotopic (exact) mass is 280 g/mol. The number of rotatable bonds is 1. The molecule has 0 fully saturated rings. The summed E-state index contributed by atoms with van der Waals surface area (Å²) in [5, 5.41) is 19.9. The van der Waals surface area contributed by atoms with Gasteiger partial charge in [0.1, 0.15) is 17.5 Å². The van der Waals surface area contributed by atoms with Crippen LogP contribution in [0, 0.1) is 11.3 Å². The third kappa shape index (κ3) is 2.07. The van der Waals surface area contributed by atoms with E-state index in [0.717, 1.165) is 16.5 Å². The number of nitriles is 1. The first kappa shape index (κ1) is 12.5. The van der Waals surface area contributed by atoms with Crippen molar-refractivity contribution in [2.75, 3.05) is 0 Å². The van der Waals surface area contributed by atoms with Crippen LogP contribution in [0.2, 0.25) is 5.02 Å². The van der Waals surface area contributed by atoms with E-state index in [1.807, 2.05) is 30.3 Å². The molecule has 2 aromatic carbocycles.